The first kappa shape index (κ1) is 14.3. The molecule has 104 valence electrons. The number of benzene rings is 1. The van der Waals surface area contributed by atoms with Crippen molar-refractivity contribution in [1.82, 2.24) is 10.3 Å². The molecule has 2 rings (SSSR count). The van der Waals surface area contributed by atoms with Crippen molar-refractivity contribution >= 4 is 23.3 Å². The van der Waals surface area contributed by atoms with E-state index in [-0.39, 0.29) is 11.7 Å². The van der Waals surface area contributed by atoms with Crippen LogP contribution < -0.4 is 11.1 Å². The van der Waals surface area contributed by atoms with Gasteiger partial charge in [0.05, 0.1) is 11.1 Å². The summed E-state index contributed by atoms with van der Waals surface area (Å²) in [6.07, 6.45) is 1.55. The van der Waals surface area contributed by atoms with E-state index in [2.05, 4.69) is 10.3 Å². The van der Waals surface area contributed by atoms with E-state index in [1.807, 2.05) is 32.0 Å². The standard InChI is InChI=1S/C15H16ClN3O/c1-15(2,10-5-3-6-11(16)9-10)19-14(20)12-7-4-8-18-13(12)17/h3-9H,1-2H3,(H2,17,18)(H,19,20). The quantitative estimate of drug-likeness (QED) is 0.913. The first-order chi connectivity index (χ1) is 9.40. The van der Waals surface area contributed by atoms with Gasteiger partial charge in [0, 0.05) is 11.2 Å². The van der Waals surface area contributed by atoms with Crippen molar-refractivity contribution in [2.24, 2.45) is 0 Å². The molecule has 1 aromatic carbocycles. The van der Waals surface area contributed by atoms with Crippen molar-refractivity contribution in [3.8, 4) is 0 Å². The summed E-state index contributed by atoms with van der Waals surface area (Å²) in [5.74, 6) is -0.0486. The van der Waals surface area contributed by atoms with Gasteiger partial charge in [-0.1, -0.05) is 23.7 Å². The summed E-state index contributed by atoms with van der Waals surface area (Å²) in [5, 5.41) is 3.57. The van der Waals surface area contributed by atoms with Crippen LogP contribution in [0.25, 0.3) is 0 Å². The number of nitrogen functional groups attached to an aromatic ring is 1. The number of rotatable bonds is 3. The zero-order valence-corrected chi connectivity index (χ0v) is 12.1. The lowest BCUT2D eigenvalue weighted by Crippen LogP contribution is -2.41. The number of amides is 1. The van der Waals surface area contributed by atoms with Crippen LogP contribution in [0.2, 0.25) is 5.02 Å². The van der Waals surface area contributed by atoms with Gasteiger partial charge in [-0.25, -0.2) is 4.98 Å². The third kappa shape index (κ3) is 3.08. The van der Waals surface area contributed by atoms with E-state index >= 15 is 0 Å². The third-order valence-corrected chi connectivity index (χ3v) is 3.29. The minimum Gasteiger partial charge on any atom is -0.383 e. The van der Waals surface area contributed by atoms with E-state index in [1.165, 1.54) is 0 Å². The largest absolute Gasteiger partial charge is 0.383 e. The fourth-order valence-electron chi connectivity index (χ4n) is 1.91. The van der Waals surface area contributed by atoms with Crippen LogP contribution >= 0.6 is 11.6 Å². The highest BCUT2D eigenvalue weighted by Gasteiger charge is 2.24. The van der Waals surface area contributed by atoms with Gasteiger partial charge in [-0.2, -0.15) is 0 Å². The summed E-state index contributed by atoms with van der Waals surface area (Å²) in [4.78, 5) is 16.2. The number of aromatic nitrogens is 1. The smallest absolute Gasteiger partial charge is 0.255 e. The maximum atomic E-state index is 12.3. The normalized spacial score (nSPS) is 11.2. The summed E-state index contributed by atoms with van der Waals surface area (Å²) in [7, 11) is 0. The topological polar surface area (TPSA) is 68.0 Å². The molecule has 3 N–H and O–H groups in total. The maximum absolute atomic E-state index is 12.3. The Balaban J connectivity index is 2.24. The van der Waals surface area contributed by atoms with Gasteiger partial charge < -0.3 is 11.1 Å². The van der Waals surface area contributed by atoms with Crippen LogP contribution in [0.15, 0.2) is 42.6 Å². The molecule has 1 heterocycles. The number of carbonyl (C=O) groups is 1. The van der Waals surface area contributed by atoms with Crippen molar-refractivity contribution in [2.45, 2.75) is 19.4 Å². The van der Waals surface area contributed by atoms with Crippen molar-refractivity contribution in [3.05, 3.63) is 58.7 Å². The number of nitrogens with one attached hydrogen (secondary N) is 1. The Morgan fingerprint density at radius 3 is 2.70 bits per heavy atom. The molecular weight excluding hydrogens is 274 g/mol. The number of hydrogen-bond acceptors (Lipinski definition) is 3. The van der Waals surface area contributed by atoms with Crippen molar-refractivity contribution < 1.29 is 4.79 Å². The molecule has 0 aliphatic rings. The van der Waals surface area contributed by atoms with Crippen LogP contribution in [0.3, 0.4) is 0 Å². The average Bonchev–Trinajstić information content (AvgIpc) is 2.38. The lowest BCUT2D eigenvalue weighted by molar-refractivity contribution is 0.0912. The second kappa shape index (κ2) is 5.51. The summed E-state index contributed by atoms with van der Waals surface area (Å²) < 4.78 is 0. The van der Waals surface area contributed by atoms with Crippen molar-refractivity contribution in [3.63, 3.8) is 0 Å². The van der Waals surface area contributed by atoms with Gasteiger partial charge in [0.15, 0.2) is 0 Å². The first-order valence-electron chi connectivity index (χ1n) is 6.19. The average molecular weight is 290 g/mol. The van der Waals surface area contributed by atoms with Gasteiger partial charge in [-0.05, 0) is 43.7 Å². The Morgan fingerprint density at radius 1 is 1.30 bits per heavy atom. The molecule has 0 atom stereocenters. The summed E-state index contributed by atoms with van der Waals surface area (Å²) in [6, 6.07) is 10.7. The van der Waals surface area contributed by atoms with Gasteiger partial charge in [-0.3, -0.25) is 4.79 Å². The van der Waals surface area contributed by atoms with Gasteiger partial charge in [0.25, 0.3) is 5.91 Å². The molecule has 0 fully saturated rings. The lowest BCUT2D eigenvalue weighted by atomic mass is 9.94. The summed E-state index contributed by atoms with van der Waals surface area (Å²) in [6.45, 7) is 3.81. The van der Waals surface area contributed by atoms with Crippen molar-refractivity contribution in [1.29, 1.82) is 0 Å². The number of anilines is 1. The maximum Gasteiger partial charge on any atom is 0.255 e. The van der Waals surface area contributed by atoms with E-state index in [0.29, 0.717) is 10.6 Å². The van der Waals surface area contributed by atoms with Gasteiger partial charge >= 0.3 is 0 Å². The van der Waals surface area contributed by atoms with E-state index in [0.717, 1.165) is 5.56 Å². The molecule has 1 aromatic heterocycles. The molecular formula is C15H16ClN3O. The molecule has 5 heteroatoms. The number of halogens is 1. The molecule has 0 unspecified atom stereocenters. The minimum absolute atomic E-state index is 0.215. The van der Waals surface area contributed by atoms with E-state index in [9.17, 15) is 4.79 Å². The molecule has 0 saturated heterocycles. The monoisotopic (exact) mass is 289 g/mol. The van der Waals surface area contributed by atoms with Crippen LogP contribution in [0.1, 0.15) is 29.8 Å². The Labute approximate surface area is 123 Å². The fraction of sp³-hybridized carbons (Fsp3) is 0.200. The fourth-order valence-corrected chi connectivity index (χ4v) is 2.10. The molecule has 1 amide bonds. The van der Waals surface area contributed by atoms with Gasteiger partial charge in [0.2, 0.25) is 0 Å². The second-order valence-electron chi connectivity index (χ2n) is 5.03. The Bertz CT molecular complexity index is 641. The molecule has 20 heavy (non-hydrogen) atoms. The van der Waals surface area contributed by atoms with Gasteiger partial charge in [-0.15, -0.1) is 0 Å². The number of nitrogens with two attached hydrogens (primary N) is 1. The van der Waals surface area contributed by atoms with Crippen LogP contribution in [-0.4, -0.2) is 10.9 Å². The number of hydrogen-bond donors (Lipinski definition) is 2. The second-order valence-corrected chi connectivity index (χ2v) is 5.46. The first-order valence-corrected chi connectivity index (χ1v) is 6.57. The lowest BCUT2D eigenvalue weighted by Gasteiger charge is -2.27. The minimum atomic E-state index is -0.565. The van der Waals surface area contributed by atoms with Crippen LogP contribution in [0, 0.1) is 0 Å². The number of carbonyl (C=O) groups excluding carboxylic acids is 1. The highest BCUT2D eigenvalue weighted by molar-refractivity contribution is 6.30. The van der Waals surface area contributed by atoms with E-state index < -0.39 is 5.54 Å². The molecule has 0 spiro atoms. The SMILES string of the molecule is CC(C)(NC(=O)c1cccnc1N)c1cccc(Cl)c1. The van der Waals surface area contributed by atoms with Crippen LogP contribution in [0.4, 0.5) is 5.82 Å². The summed E-state index contributed by atoms with van der Waals surface area (Å²) >= 11 is 5.99. The van der Waals surface area contributed by atoms with Crippen LogP contribution in [-0.2, 0) is 5.54 Å². The molecule has 0 bridgehead atoms. The highest BCUT2D eigenvalue weighted by atomic mass is 35.5. The molecule has 0 aliphatic heterocycles. The Morgan fingerprint density at radius 2 is 2.05 bits per heavy atom. The highest BCUT2D eigenvalue weighted by Crippen LogP contribution is 2.23. The third-order valence-electron chi connectivity index (χ3n) is 3.06. The van der Waals surface area contributed by atoms with Crippen molar-refractivity contribution in [2.75, 3.05) is 5.73 Å². The molecule has 4 nitrogen and oxygen atoms in total. The molecule has 0 radical (unpaired) electrons. The Hall–Kier alpha value is -2.07. The molecule has 2 aromatic rings. The molecule has 0 aliphatic carbocycles. The number of pyridine rings is 1. The molecule has 0 saturated carbocycles. The van der Waals surface area contributed by atoms with Gasteiger partial charge in [0.1, 0.15) is 5.82 Å². The van der Waals surface area contributed by atoms with E-state index in [1.54, 1.807) is 24.4 Å². The zero-order valence-electron chi connectivity index (χ0n) is 11.4. The predicted octanol–water partition coefficient (Wildman–Crippen LogP) is 2.98. The predicted molar refractivity (Wildman–Crippen MR) is 80.6 cm³/mol. The Kier molecular flexibility index (Phi) is 3.95. The summed E-state index contributed by atoms with van der Waals surface area (Å²) in [5.41, 5.74) is 6.43. The van der Waals surface area contributed by atoms with Crippen LogP contribution in [0.5, 0.6) is 0 Å². The van der Waals surface area contributed by atoms with E-state index in [4.69, 9.17) is 17.3 Å². The number of nitrogens with zero attached hydrogens (tertiary/aromatic N) is 1. The zero-order chi connectivity index (χ0) is 14.8.